The van der Waals surface area contributed by atoms with Crippen LogP contribution in [0.1, 0.15) is 6.92 Å². The Hall–Kier alpha value is -0.180. The molecule has 1 aliphatic rings. The summed E-state index contributed by atoms with van der Waals surface area (Å²) in [7, 11) is 2.58. The molecular formula is C6H14N3OP. The van der Waals surface area contributed by atoms with Crippen molar-refractivity contribution in [1.82, 2.24) is 10.4 Å². The van der Waals surface area contributed by atoms with Gasteiger partial charge >= 0.3 is 0 Å². The lowest BCUT2D eigenvalue weighted by molar-refractivity contribution is 0.132. The lowest BCUT2D eigenvalue weighted by Crippen LogP contribution is -2.40. The lowest BCUT2D eigenvalue weighted by Gasteiger charge is -2.20. The normalized spacial score (nSPS) is 22.3. The fraction of sp³-hybridized carbons (Fsp3) is 0.833. The molecule has 0 aromatic carbocycles. The van der Waals surface area contributed by atoms with E-state index in [4.69, 9.17) is 0 Å². The first-order valence-corrected chi connectivity index (χ1v) is 4.30. The van der Waals surface area contributed by atoms with Gasteiger partial charge in [0.05, 0.1) is 12.6 Å². The van der Waals surface area contributed by atoms with E-state index in [2.05, 4.69) is 19.7 Å². The topological polar surface area (TPSA) is 47.9 Å². The maximum Gasteiger partial charge on any atom is 0.107 e. The van der Waals surface area contributed by atoms with Crippen LogP contribution in [0.5, 0.6) is 0 Å². The molecule has 0 aromatic heterocycles. The van der Waals surface area contributed by atoms with Crippen molar-refractivity contribution in [3.63, 3.8) is 0 Å². The van der Waals surface area contributed by atoms with E-state index in [0.29, 0.717) is 13.2 Å². The molecule has 0 fully saturated rings. The van der Waals surface area contributed by atoms with Gasteiger partial charge in [-0.05, 0) is 5.66 Å². The quantitative estimate of drug-likeness (QED) is 0.564. The second-order valence-electron chi connectivity index (χ2n) is 2.69. The van der Waals surface area contributed by atoms with Crippen molar-refractivity contribution in [3.8, 4) is 0 Å². The van der Waals surface area contributed by atoms with Crippen LogP contribution in [0.3, 0.4) is 0 Å². The fourth-order valence-electron chi connectivity index (χ4n) is 0.791. The van der Waals surface area contributed by atoms with Crippen molar-refractivity contribution in [2.75, 3.05) is 13.2 Å². The molecule has 2 N–H and O–H groups in total. The summed E-state index contributed by atoms with van der Waals surface area (Å²) in [5.41, 5.74) is 3.20. The van der Waals surface area contributed by atoms with Crippen molar-refractivity contribution >= 4 is 15.6 Å². The van der Waals surface area contributed by atoms with Gasteiger partial charge in [-0.25, -0.2) is 5.43 Å². The van der Waals surface area contributed by atoms with Crippen molar-refractivity contribution in [2.24, 2.45) is 4.99 Å². The van der Waals surface area contributed by atoms with Crippen LogP contribution in [-0.2, 0) is 0 Å². The molecule has 1 heterocycles. The average Bonchev–Trinajstić information content (AvgIpc) is 2.39. The second kappa shape index (κ2) is 4.00. The van der Waals surface area contributed by atoms with Gasteiger partial charge in [-0.1, -0.05) is 6.92 Å². The highest BCUT2D eigenvalue weighted by Crippen LogP contribution is 2.05. The molecule has 0 saturated heterocycles. The van der Waals surface area contributed by atoms with E-state index in [0.717, 1.165) is 0 Å². The van der Waals surface area contributed by atoms with Crippen LogP contribution in [0.2, 0.25) is 0 Å². The minimum absolute atomic E-state index is 0.214. The van der Waals surface area contributed by atoms with E-state index >= 15 is 0 Å². The summed E-state index contributed by atoms with van der Waals surface area (Å²) in [6, 6.07) is 0. The van der Waals surface area contributed by atoms with E-state index in [-0.39, 0.29) is 11.8 Å². The first-order chi connectivity index (χ1) is 5.20. The van der Waals surface area contributed by atoms with Crippen LogP contribution in [0.4, 0.5) is 0 Å². The number of aliphatic hydroxyl groups excluding tert-OH is 1. The zero-order valence-electron chi connectivity index (χ0n) is 6.57. The van der Waals surface area contributed by atoms with E-state index in [1.807, 2.05) is 6.92 Å². The molecule has 5 heteroatoms. The Morgan fingerprint density at radius 2 is 2.64 bits per heavy atom. The zero-order valence-corrected chi connectivity index (χ0v) is 7.72. The highest BCUT2D eigenvalue weighted by Gasteiger charge is 2.14. The third kappa shape index (κ3) is 2.73. The highest BCUT2D eigenvalue weighted by molar-refractivity contribution is 7.17. The summed E-state index contributed by atoms with van der Waals surface area (Å²) in [6.45, 7) is 3.18. The van der Waals surface area contributed by atoms with Crippen molar-refractivity contribution in [1.29, 1.82) is 0 Å². The summed E-state index contributed by atoms with van der Waals surface area (Å²) < 4.78 is 0. The molecule has 4 nitrogen and oxygen atoms in total. The summed E-state index contributed by atoms with van der Waals surface area (Å²) in [6.07, 6.45) is 1.38. The van der Waals surface area contributed by atoms with Gasteiger partial charge in [0, 0.05) is 0 Å². The zero-order chi connectivity index (χ0) is 8.27. The summed E-state index contributed by atoms with van der Waals surface area (Å²) in [5, 5.41) is 11.2. The number of β-amino-alcohol motifs (C(OH)–C–C–N with tert-alkyl or cyclic N) is 1. The van der Waals surface area contributed by atoms with Gasteiger partial charge in [-0.15, -0.1) is 9.24 Å². The maximum atomic E-state index is 9.42. The fourth-order valence-corrected chi connectivity index (χ4v) is 0.913. The number of nitrogens with zero attached hydrogens (tertiary/aromatic N) is 2. The van der Waals surface area contributed by atoms with Crippen LogP contribution in [0.15, 0.2) is 4.99 Å². The van der Waals surface area contributed by atoms with Crippen molar-refractivity contribution in [2.45, 2.75) is 18.7 Å². The van der Waals surface area contributed by atoms with Gasteiger partial charge in [-0.3, -0.25) is 10.0 Å². The number of hydrogen-bond donors (Lipinski definition) is 2. The van der Waals surface area contributed by atoms with Crippen LogP contribution in [-0.4, -0.2) is 41.4 Å². The molecule has 0 aliphatic carbocycles. The molecule has 0 saturated carbocycles. The molecule has 2 unspecified atom stereocenters. The Kier molecular flexibility index (Phi) is 3.24. The number of aliphatic hydroxyl groups is 1. The molecule has 0 amide bonds. The molecule has 0 radical (unpaired) electrons. The molecular weight excluding hydrogens is 161 g/mol. The summed E-state index contributed by atoms with van der Waals surface area (Å²) in [5.74, 6) is 0. The summed E-state index contributed by atoms with van der Waals surface area (Å²) >= 11 is 0. The van der Waals surface area contributed by atoms with E-state index in [9.17, 15) is 5.11 Å². The Labute approximate surface area is 68.9 Å². The lowest BCUT2D eigenvalue weighted by atomic mass is 10.3. The van der Waals surface area contributed by atoms with Gasteiger partial charge in [0.25, 0.3) is 0 Å². The summed E-state index contributed by atoms with van der Waals surface area (Å²) in [4.78, 5) is 3.95. The monoisotopic (exact) mass is 175 g/mol. The number of nitrogens with one attached hydrogen (secondary N) is 1. The minimum atomic E-state index is -0.322. The number of hydrogen-bond acceptors (Lipinski definition) is 4. The Morgan fingerprint density at radius 1 is 1.91 bits per heavy atom. The number of hydrazine groups is 1. The van der Waals surface area contributed by atoms with E-state index in [1.54, 1.807) is 11.3 Å². The third-order valence-electron chi connectivity index (χ3n) is 1.58. The molecule has 3 atom stereocenters. The Balaban J connectivity index is 2.24. The maximum absolute atomic E-state index is 9.42. The van der Waals surface area contributed by atoms with Crippen molar-refractivity contribution in [3.05, 3.63) is 0 Å². The molecule has 11 heavy (non-hydrogen) atoms. The smallest absolute Gasteiger partial charge is 0.107 e. The van der Waals surface area contributed by atoms with Gasteiger partial charge in [0.1, 0.15) is 13.0 Å². The van der Waals surface area contributed by atoms with Crippen LogP contribution >= 0.6 is 9.24 Å². The predicted octanol–water partition coefficient (Wildman–Crippen LogP) is -0.583. The largest absolute Gasteiger partial charge is 0.391 e. The number of aliphatic imine (C=N–C) groups is 1. The van der Waals surface area contributed by atoms with Crippen LogP contribution < -0.4 is 5.43 Å². The third-order valence-corrected chi connectivity index (χ3v) is 2.02. The first kappa shape index (κ1) is 8.91. The van der Waals surface area contributed by atoms with Gasteiger partial charge < -0.3 is 5.11 Å². The minimum Gasteiger partial charge on any atom is -0.391 e. The Bertz CT molecular complexity index is 151. The Morgan fingerprint density at radius 3 is 3.09 bits per heavy atom. The highest BCUT2D eigenvalue weighted by atomic mass is 31.0. The first-order valence-electron chi connectivity index (χ1n) is 3.64. The van der Waals surface area contributed by atoms with Gasteiger partial charge in [0.2, 0.25) is 0 Å². The number of rotatable bonds is 3. The molecule has 64 valence electrons. The van der Waals surface area contributed by atoms with Gasteiger partial charge in [0.15, 0.2) is 0 Å². The van der Waals surface area contributed by atoms with Crippen LogP contribution in [0, 0.1) is 0 Å². The molecule has 0 aromatic rings. The van der Waals surface area contributed by atoms with E-state index < -0.39 is 0 Å². The second-order valence-corrected chi connectivity index (χ2v) is 3.74. The van der Waals surface area contributed by atoms with Crippen LogP contribution in [0.25, 0.3) is 0 Å². The van der Waals surface area contributed by atoms with Crippen molar-refractivity contribution < 1.29 is 5.11 Å². The SMILES string of the molecule is CC(P)[C@H](O)CN1C=NCN1. The molecule has 0 spiro atoms. The molecule has 1 rings (SSSR count). The molecule has 0 bridgehead atoms. The van der Waals surface area contributed by atoms with E-state index in [1.165, 1.54) is 0 Å². The molecule has 1 aliphatic heterocycles. The predicted molar refractivity (Wildman–Crippen MR) is 48.4 cm³/mol. The standard InChI is InChI=1S/C6H14N3OP/c1-5(11)6(10)2-9-4-7-3-8-9/h4-6,8,10H,2-3,11H2,1H3/t5?,6-/m1/s1. The van der Waals surface area contributed by atoms with Gasteiger partial charge in [-0.2, -0.15) is 0 Å². The average molecular weight is 175 g/mol.